The Kier molecular flexibility index (Phi) is 10.4. The number of hydrogen-bond acceptors (Lipinski definition) is 4. The van der Waals surface area contributed by atoms with Crippen LogP contribution in [0.4, 0.5) is 5.69 Å². The topological polar surface area (TPSA) is 86.8 Å². The molecule has 1 atom stereocenters. The van der Waals surface area contributed by atoms with Gasteiger partial charge in [0.15, 0.2) is 0 Å². The summed E-state index contributed by atoms with van der Waals surface area (Å²) < 4.78 is 29.1. The minimum absolute atomic E-state index is 0.0296. The number of carbonyl (C=O) groups is 2. The van der Waals surface area contributed by atoms with Crippen molar-refractivity contribution in [1.82, 2.24) is 10.2 Å². The van der Waals surface area contributed by atoms with E-state index >= 15 is 0 Å². The summed E-state index contributed by atoms with van der Waals surface area (Å²) in [4.78, 5) is 28.2. The molecular formula is C29H33Cl2N3O4S. The second-order valence-electron chi connectivity index (χ2n) is 9.15. The van der Waals surface area contributed by atoms with Crippen LogP contribution in [0.1, 0.15) is 37.5 Å². The molecular weight excluding hydrogens is 557 g/mol. The Morgan fingerprint density at radius 1 is 0.949 bits per heavy atom. The first kappa shape index (κ1) is 30.5. The minimum Gasteiger partial charge on any atom is -0.355 e. The highest BCUT2D eigenvalue weighted by Crippen LogP contribution is 2.29. The quantitative estimate of drug-likeness (QED) is 0.315. The maximum atomic E-state index is 14.0. The molecule has 0 aliphatic carbocycles. The van der Waals surface area contributed by atoms with Crippen LogP contribution >= 0.6 is 23.2 Å². The van der Waals surface area contributed by atoms with Gasteiger partial charge in [-0.15, -0.1) is 0 Å². The van der Waals surface area contributed by atoms with Crippen molar-refractivity contribution in [3.8, 4) is 0 Å². The number of para-hydroxylation sites is 1. The molecule has 7 nitrogen and oxygen atoms in total. The smallest absolute Gasteiger partial charge is 0.264 e. The molecule has 3 rings (SSSR count). The molecule has 0 fully saturated rings. The van der Waals surface area contributed by atoms with Gasteiger partial charge in [-0.1, -0.05) is 72.1 Å². The van der Waals surface area contributed by atoms with Crippen molar-refractivity contribution in [2.45, 2.75) is 51.6 Å². The summed E-state index contributed by atoms with van der Waals surface area (Å²) in [6.07, 6.45) is 0.562. The van der Waals surface area contributed by atoms with E-state index in [1.54, 1.807) is 56.3 Å². The van der Waals surface area contributed by atoms with Crippen LogP contribution in [-0.2, 0) is 32.6 Å². The van der Waals surface area contributed by atoms with Crippen molar-refractivity contribution in [3.05, 3.63) is 93.5 Å². The molecule has 0 bridgehead atoms. The third kappa shape index (κ3) is 7.32. The van der Waals surface area contributed by atoms with Crippen molar-refractivity contribution in [1.29, 1.82) is 0 Å². The zero-order valence-corrected chi connectivity index (χ0v) is 24.8. The summed E-state index contributed by atoms with van der Waals surface area (Å²) in [5, 5.41) is 3.41. The lowest BCUT2D eigenvalue weighted by Crippen LogP contribution is -2.51. The first-order valence-corrected chi connectivity index (χ1v) is 14.9. The van der Waals surface area contributed by atoms with Crippen molar-refractivity contribution in [3.63, 3.8) is 0 Å². The molecule has 0 heterocycles. The second kappa shape index (κ2) is 13.3. The van der Waals surface area contributed by atoms with Crippen LogP contribution in [0.25, 0.3) is 0 Å². The summed E-state index contributed by atoms with van der Waals surface area (Å²) >= 11 is 12.3. The summed E-state index contributed by atoms with van der Waals surface area (Å²) in [6.45, 7) is 7.10. The fourth-order valence-corrected chi connectivity index (χ4v) is 5.92. The molecule has 0 spiro atoms. The van der Waals surface area contributed by atoms with Crippen molar-refractivity contribution >= 4 is 50.7 Å². The molecule has 1 N–H and O–H groups in total. The van der Waals surface area contributed by atoms with E-state index < -0.39 is 28.5 Å². The van der Waals surface area contributed by atoms with E-state index in [4.69, 9.17) is 23.2 Å². The maximum absolute atomic E-state index is 14.0. The molecule has 0 saturated carbocycles. The molecule has 0 aliphatic heterocycles. The number of amides is 2. The van der Waals surface area contributed by atoms with Crippen LogP contribution in [-0.4, -0.2) is 44.3 Å². The predicted octanol–water partition coefficient (Wildman–Crippen LogP) is 5.61. The van der Waals surface area contributed by atoms with E-state index in [1.165, 1.54) is 17.0 Å². The van der Waals surface area contributed by atoms with Gasteiger partial charge >= 0.3 is 0 Å². The van der Waals surface area contributed by atoms with Gasteiger partial charge in [-0.25, -0.2) is 8.42 Å². The summed E-state index contributed by atoms with van der Waals surface area (Å²) in [5.74, 6) is -0.894. The van der Waals surface area contributed by atoms with E-state index in [2.05, 4.69) is 5.32 Å². The predicted molar refractivity (Wildman–Crippen MR) is 157 cm³/mol. The Morgan fingerprint density at radius 3 is 2.23 bits per heavy atom. The van der Waals surface area contributed by atoms with Gasteiger partial charge < -0.3 is 10.2 Å². The molecule has 0 aromatic heterocycles. The number of hydrogen-bond donors (Lipinski definition) is 1. The van der Waals surface area contributed by atoms with Gasteiger partial charge in [0, 0.05) is 13.1 Å². The minimum atomic E-state index is -4.13. The Labute approximate surface area is 240 Å². The highest BCUT2D eigenvalue weighted by molar-refractivity contribution is 7.92. The molecule has 0 aliphatic rings. The standard InChI is InChI=1S/C29H33Cl2N3O4S/c1-5-23-9-7-8-10-27(23)34(39(37,38)24-14-11-20(3)12-15-24)19-28(35)33(21(4)29(36)32-6-2)18-22-13-16-25(30)26(31)17-22/h7-17,21H,5-6,18-19H2,1-4H3,(H,32,36). The molecule has 1 unspecified atom stereocenters. The Bertz CT molecular complexity index is 1430. The molecule has 0 radical (unpaired) electrons. The Hall–Kier alpha value is -3.07. The van der Waals surface area contributed by atoms with Crippen molar-refractivity contribution in [2.24, 2.45) is 0 Å². The van der Waals surface area contributed by atoms with Crippen molar-refractivity contribution < 1.29 is 18.0 Å². The van der Waals surface area contributed by atoms with Gasteiger partial charge in [-0.05, 0) is 68.7 Å². The molecule has 208 valence electrons. The lowest BCUT2D eigenvalue weighted by atomic mass is 10.1. The first-order chi connectivity index (χ1) is 18.5. The Balaban J connectivity index is 2.08. The van der Waals surface area contributed by atoms with E-state index in [0.29, 0.717) is 34.3 Å². The summed E-state index contributed by atoms with van der Waals surface area (Å²) in [5.41, 5.74) is 2.74. The fourth-order valence-electron chi connectivity index (χ4n) is 4.14. The lowest BCUT2D eigenvalue weighted by molar-refractivity contribution is -0.139. The van der Waals surface area contributed by atoms with Crippen LogP contribution in [0.3, 0.4) is 0 Å². The van der Waals surface area contributed by atoms with Gasteiger partial charge in [0.25, 0.3) is 10.0 Å². The van der Waals surface area contributed by atoms with Crippen LogP contribution in [0.15, 0.2) is 71.6 Å². The van der Waals surface area contributed by atoms with Crippen LogP contribution < -0.4 is 9.62 Å². The van der Waals surface area contributed by atoms with Crippen LogP contribution in [0.5, 0.6) is 0 Å². The molecule has 39 heavy (non-hydrogen) atoms. The highest BCUT2D eigenvalue weighted by Gasteiger charge is 2.33. The highest BCUT2D eigenvalue weighted by atomic mass is 35.5. The number of nitrogens with one attached hydrogen (secondary N) is 1. The van der Waals surface area contributed by atoms with E-state index in [1.807, 2.05) is 26.0 Å². The van der Waals surface area contributed by atoms with Gasteiger partial charge in [0.1, 0.15) is 12.6 Å². The molecule has 10 heteroatoms. The number of anilines is 1. The number of nitrogens with zero attached hydrogens (tertiary/aromatic N) is 2. The maximum Gasteiger partial charge on any atom is 0.264 e. The molecule has 0 saturated heterocycles. The van der Waals surface area contributed by atoms with Crippen LogP contribution in [0, 0.1) is 6.92 Å². The molecule has 3 aromatic rings. The van der Waals surface area contributed by atoms with Gasteiger partial charge in [0.2, 0.25) is 11.8 Å². The van der Waals surface area contributed by atoms with Gasteiger partial charge in [-0.3, -0.25) is 13.9 Å². The van der Waals surface area contributed by atoms with E-state index in [-0.39, 0.29) is 17.3 Å². The second-order valence-corrected chi connectivity index (χ2v) is 11.8. The van der Waals surface area contributed by atoms with Crippen molar-refractivity contribution in [2.75, 3.05) is 17.4 Å². The number of carbonyl (C=O) groups excluding carboxylic acids is 2. The number of aryl methyl sites for hydroxylation is 2. The number of benzene rings is 3. The van der Waals surface area contributed by atoms with Gasteiger partial charge in [0.05, 0.1) is 20.6 Å². The normalized spacial score (nSPS) is 12.1. The summed E-state index contributed by atoms with van der Waals surface area (Å²) in [7, 11) is -4.13. The van der Waals surface area contributed by atoms with E-state index in [0.717, 1.165) is 15.4 Å². The Morgan fingerprint density at radius 2 is 1.62 bits per heavy atom. The average molecular weight is 591 g/mol. The third-order valence-electron chi connectivity index (χ3n) is 6.38. The molecule has 2 amide bonds. The summed E-state index contributed by atoms with van der Waals surface area (Å²) in [6, 6.07) is 17.7. The zero-order chi connectivity index (χ0) is 28.7. The monoisotopic (exact) mass is 589 g/mol. The largest absolute Gasteiger partial charge is 0.355 e. The fraction of sp³-hybridized carbons (Fsp3) is 0.310. The molecule has 3 aromatic carbocycles. The van der Waals surface area contributed by atoms with E-state index in [9.17, 15) is 18.0 Å². The SMILES string of the molecule is CCNC(=O)C(C)N(Cc1ccc(Cl)c(Cl)c1)C(=O)CN(c1ccccc1CC)S(=O)(=O)c1ccc(C)cc1. The zero-order valence-electron chi connectivity index (χ0n) is 22.4. The number of likely N-dealkylation sites (N-methyl/N-ethyl adjacent to an activating group) is 1. The van der Waals surface area contributed by atoms with Crippen LogP contribution in [0.2, 0.25) is 10.0 Å². The first-order valence-electron chi connectivity index (χ1n) is 12.7. The average Bonchev–Trinajstić information content (AvgIpc) is 2.92. The lowest BCUT2D eigenvalue weighted by Gasteiger charge is -2.32. The third-order valence-corrected chi connectivity index (χ3v) is 8.90. The number of halogens is 2. The van der Waals surface area contributed by atoms with Gasteiger partial charge in [-0.2, -0.15) is 0 Å². The number of sulfonamides is 1. The number of rotatable bonds is 11.